The average molecular weight is 606 g/mol. The van der Waals surface area contributed by atoms with Gasteiger partial charge >= 0.3 is 11.7 Å². The molecule has 0 unspecified atom stereocenters. The molecule has 1 aliphatic heterocycles. The van der Waals surface area contributed by atoms with Crippen LogP contribution in [-0.2, 0) is 19.5 Å². The zero-order valence-electron chi connectivity index (χ0n) is 26.5. The first-order chi connectivity index (χ1) is 21.5. The Morgan fingerprint density at radius 1 is 0.841 bits per heavy atom. The lowest BCUT2D eigenvalue weighted by Crippen LogP contribution is -2.25. The van der Waals surface area contributed by atoms with Gasteiger partial charge in [0.1, 0.15) is 17.2 Å². The topological polar surface area (TPSA) is 103 Å². The number of hydrogen-bond donors (Lipinski definition) is 0. The molecular formula is C34H47N5O5. The number of anilines is 1. The third-order valence-electron chi connectivity index (χ3n) is 8.03. The SMILES string of the molecule is CCCCOc1nc(CCCCCCN2CCCC2)c([N+](=O)[O-])c(N(Cc2ccc(OC)cc2)Cc2ccc(OC)cc2)n1. The summed E-state index contributed by atoms with van der Waals surface area (Å²) >= 11 is 0. The maximum Gasteiger partial charge on any atom is 0.333 e. The molecule has 0 bridgehead atoms. The van der Waals surface area contributed by atoms with Crippen LogP contribution in [0.1, 0.15) is 75.1 Å². The smallest absolute Gasteiger partial charge is 0.333 e. The van der Waals surface area contributed by atoms with Crippen LogP contribution in [0.2, 0.25) is 0 Å². The summed E-state index contributed by atoms with van der Waals surface area (Å²) < 4.78 is 16.6. The van der Waals surface area contributed by atoms with Crippen molar-refractivity contribution in [3.05, 3.63) is 75.5 Å². The lowest BCUT2D eigenvalue weighted by Gasteiger charge is -2.25. The monoisotopic (exact) mass is 605 g/mol. The highest BCUT2D eigenvalue weighted by Crippen LogP contribution is 2.34. The molecule has 4 rings (SSSR count). The Morgan fingerprint density at radius 2 is 1.43 bits per heavy atom. The molecule has 3 aromatic rings. The van der Waals surface area contributed by atoms with Crippen LogP contribution in [0.3, 0.4) is 0 Å². The molecule has 0 N–H and O–H groups in total. The summed E-state index contributed by atoms with van der Waals surface area (Å²) in [6.45, 7) is 6.91. The number of aromatic nitrogens is 2. The molecule has 0 spiro atoms. The van der Waals surface area contributed by atoms with Crippen LogP contribution in [0.5, 0.6) is 17.5 Å². The molecule has 0 saturated carbocycles. The first-order valence-electron chi connectivity index (χ1n) is 15.9. The second-order valence-corrected chi connectivity index (χ2v) is 11.3. The van der Waals surface area contributed by atoms with Crippen molar-refractivity contribution >= 4 is 11.5 Å². The van der Waals surface area contributed by atoms with Gasteiger partial charge in [-0.05, 0) is 93.6 Å². The van der Waals surface area contributed by atoms with E-state index in [2.05, 4.69) is 21.8 Å². The Morgan fingerprint density at radius 3 is 1.98 bits per heavy atom. The molecule has 10 nitrogen and oxygen atoms in total. The van der Waals surface area contributed by atoms with Crippen LogP contribution in [0.15, 0.2) is 48.5 Å². The van der Waals surface area contributed by atoms with E-state index in [1.54, 1.807) is 14.2 Å². The molecule has 1 aromatic heterocycles. The molecular weight excluding hydrogens is 558 g/mol. The summed E-state index contributed by atoms with van der Waals surface area (Å²) in [5, 5.41) is 12.7. The summed E-state index contributed by atoms with van der Waals surface area (Å²) in [5.74, 6) is 1.77. The molecule has 2 aromatic carbocycles. The number of nitro groups is 1. The predicted molar refractivity (Wildman–Crippen MR) is 173 cm³/mol. The van der Waals surface area contributed by atoms with Gasteiger partial charge in [0.15, 0.2) is 0 Å². The quantitative estimate of drug-likeness (QED) is 0.0813. The summed E-state index contributed by atoms with van der Waals surface area (Å²) in [6.07, 6.45) is 8.99. The molecule has 1 saturated heterocycles. The molecule has 10 heteroatoms. The van der Waals surface area contributed by atoms with E-state index in [0.717, 1.165) is 67.7 Å². The van der Waals surface area contributed by atoms with Crippen LogP contribution in [0, 0.1) is 10.1 Å². The number of aryl methyl sites for hydroxylation is 1. The summed E-state index contributed by atoms with van der Waals surface area (Å²) in [5.41, 5.74) is 2.33. The van der Waals surface area contributed by atoms with Crippen molar-refractivity contribution in [2.45, 2.75) is 77.8 Å². The van der Waals surface area contributed by atoms with Crippen molar-refractivity contribution < 1.29 is 19.1 Å². The van der Waals surface area contributed by atoms with E-state index in [-0.39, 0.29) is 22.4 Å². The number of hydrogen-bond acceptors (Lipinski definition) is 9. The molecule has 0 atom stereocenters. The van der Waals surface area contributed by atoms with E-state index in [9.17, 15) is 10.1 Å². The average Bonchev–Trinajstić information content (AvgIpc) is 3.56. The molecule has 238 valence electrons. The lowest BCUT2D eigenvalue weighted by atomic mass is 10.1. The third kappa shape index (κ3) is 9.80. The van der Waals surface area contributed by atoms with Gasteiger partial charge in [0.2, 0.25) is 5.82 Å². The fourth-order valence-electron chi connectivity index (χ4n) is 5.52. The molecule has 0 radical (unpaired) electrons. The lowest BCUT2D eigenvalue weighted by molar-refractivity contribution is -0.385. The van der Waals surface area contributed by atoms with Gasteiger partial charge in [0.05, 0.1) is 25.7 Å². The van der Waals surface area contributed by atoms with E-state index in [0.29, 0.717) is 31.8 Å². The number of unbranched alkanes of at least 4 members (excludes halogenated alkanes) is 4. The zero-order valence-corrected chi connectivity index (χ0v) is 26.5. The molecule has 0 aliphatic carbocycles. The Balaban J connectivity index is 1.62. The van der Waals surface area contributed by atoms with E-state index < -0.39 is 0 Å². The van der Waals surface area contributed by atoms with Gasteiger partial charge in [0.25, 0.3) is 0 Å². The number of methoxy groups -OCH3 is 2. The van der Waals surface area contributed by atoms with Gasteiger partial charge in [-0.3, -0.25) is 10.1 Å². The summed E-state index contributed by atoms with van der Waals surface area (Å²) in [4.78, 5) is 26.1. The highest BCUT2D eigenvalue weighted by atomic mass is 16.6. The molecule has 0 amide bonds. The largest absolute Gasteiger partial charge is 0.497 e. The summed E-state index contributed by atoms with van der Waals surface area (Å²) in [7, 11) is 3.26. The van der Waals surface area contributed by atoms with Crippen LogP contribution in [0.4, 0.5) is 11.5 Å². The van der Waals surface area contributed by atoms with Crippen LogP contribution in [-0.4, -0.2) is 60.3 Å². The first kappa shape index (κ1) is 33.0. The van der Waals surface area contributed by atoms with Gasteiger partial charge in [-0.15, -0.1) is 0 Å². The van der Waals surface area contributed by atoms with Gasteiger partial charge in [0, 0.05) is 13.1 Å². The normalized spacial score (nSPS) is 13.2. The number of likely N-dealkylation sites (tertiary alicyclic amines) is 1. The maximum atomic E-state index is 12.7. The van der Waals surface area contributed by atoms with Crippen LogP contribution in [0.25, 0.3) is 0 Å². The van der Waals surface area contributed by atoms with Gasteiger partial charge in [-0.2, -0.15) is 9.97 Å². The van der Waals surface area contributed by atoms with Crippen molar-refractivity contribution in [2.24, 2.45) is 0 Å². The zero-order chi connectivity index (χ0) is 31.1. The van der Waals surface area contributed by atoms with Crippen molar-refractivity contribution in [1.82, 2.24) is 14.9 Å². The van der Waals surface area contributed by atoms with E-state index >= 15 is 0 Å². The molecule has 1 aliphatic rings. The van der Waals surface area contributed by atoms with E-state index in [4.69, 9.17) is 14.2 Å². The fraction of sp³-hybridized carbons (Fsp3) is 0.529. The maximum absolute atomic E-state index is 12.7. The second-order valence-electron chi connectivity index (χ2n) is 11.3. The highest BCUT2D eigenvalue weighted by Gasteiger charge is 2.29. The van der Waals surface area contributed by atoms with Gasteiger partial charge in [-0.25, -0.2) is 0 Å². The Hall–Kier alpha value is -3.92. The van der Waals surface area contributed by atoms with Crippen molar-refractivity contribution in [2.75, 3.05) is 45.4 Å². The Labute approximate surface area is 261 Å². The number of benzene rings is 2. The predicted octanol–water partition coefficient (Wildman–Crippen LogP) is 6.99. The number of rotatable bonds is 19. The molecule has 2 heterocycles. The Kier molecular flexibility index (Phi) is 13.0. The second kappa shape index (κ2) is 17.4. The minimum atomic E-state index is -0.330. The van der Waals surface area contributed by atoms with Gasteiger partial charge < -0.3 is 24.0 Å². The minimum absolute atomic E-state index is 0.0491. The standard InChI is InChI=1S/C34H47N5O5/c1-4-5-24-44-34-35-31(12-8-6-7-9-21-37-22-10-11-23-37)32(39(40)41)33(36-34)38(25-27-13-17-29(42-2)18-14-27)26-28-15-19-30(43-3)20-16-28/h13-20H,4-12,21-26H2,1-3H3. The van der Waals surface area contributed by atoms with E-state index in [1.807, 2.05) is 53.4 Å². The number of ether oxygens (including phenoxy) is 3. The molecule has 44 heavy (non-hydrogen) atoms. The first-order valence-corrected chi connectivity index (χ1v) is 15.9. The van der Waals surface area contributed by atoms with Crippen LogP contribution < -0.4 is 19.1 Å². The van der Waals surface area contributed by atoms with Crippen molar-refractivity contribution in [3.8, 4) is 17.5 Å². The summed E-state index contributed by atoms with van der Waals surface area (Å²) in [6, 6.07) is 15.6. The minimum Gasteiger partial charge on any atom is -0.497 e. The van der Waals surface area contributed by atoms with Crippen LogP contribution >= 0.6 is 0 Å². The highest BCUT2D eigenvalue weighted by molar-refractivity contribution is 5.61. The van der Waals surface area contributed by atoms with Crippen molar-refractivity contribution in [3.63, 3.8) is 0 Å². The van der Waals surface area contributed by atoms with Crippen molar-refractivity contribution in [1.29, 1.82) is 0 Å². The molecule has 1 fully saturated rings. The number of nitrogens with zero attached hydrogens (tertiary/aromatic N) is 5. The van der Waals surface area contributed by atoms with Gasteiger partial charge in [-0.1, -0.05) is 50.5 Å². The third-order valence-corrected chi connectivity index (χ3v) is 8.03. The van der Waals surface area contributed by atoms with E-state index in [1.165, 1.54) is 25.9 Å². The fourth-order valence-corrected chi connectivity index (χ4v) is 5.52. The Bertz CT molecular complexity index is 1250.